The molecule has 0 aromatic heterocycles. The van der Waals surface area contributed by atoms with E-state index in [9.17, 15) is 4.79 Å². The van der Waals surface area contributed by atoms with Gasteiger partial charge in [-0.25, -0.2) is 0 Å². The highest BCUT2D eigenvalue weighted by Gasteiger charge is 2.38. The Morgan fingerprint density at radius 3 is 2.61 bits per heavy atom. The summed E-state index contributed by atoms with van der Waals surface area (Å²) in [6.07, 6.45) is 4.49. The molecule has 0 bridgehead atoms. The third-order valence-corrected chi connectivity index (χ3v) is 4.20. The third-order valence-electron chi connectivity index (χ3n) is 4.20. The highest BCUT2D eigenvalue weighted by Crippen LogP contribution is 2.35. The Bertz CT molecular complexity index is 406. The second-order valence-corrected chi connectivity index (χ2v) is 5.20. The van der Waals surface area contributed by atoms with E-state index < -0.39 is 0 Å². The van der Waals surface area contributed by atoms with Crippen LogP contribution in [0.4, 0.5) is 0 Å². The molecule has 0 saturated carbocycles. The molecule has 2 atom stereocenters. The molecule has 1 aromatic carbocycles. The fourth-order valence-corrected chi connectivity index (χ4v) is 3.36. The van der Waals surface area contributed by atoms with Crippen molar-refractivity contribution in [1.29, 1.82) is 0 Å². The first-order valence-electron chi connectivity index (χ1n) is 6.68. The summed E-state index contributed by atoms with van der Waals surface area (Å²) in [4.78, 5) is 14.8. The first-order chi connectivity index (χ1) is 8.36. The summed E-state index contributed by atoms with van der Waals surface area (Å²) in [6.45, 7) is 2.16. The van der Waals surface area contributed by atoms with E-state index in [-0.39, 0.29) is 18.3 Å². The lowest BCUT2D eigenvalue weighted by molar-refractivity contribution is -0.126. The minimum absolute atomic E-state index is 0. The van der Waals surface area contributed by atoms with Gasteiger partial charge in [-0.2, -0.15) is 0 Å². The second-order valence-electron chi connectivity index (χ2n) is 5.20. The average molecular weight is 266 g/mol. The van der Waals surface area contributed by atoms with Crippen LogP contribution in [0.3, 0.4) is 0 Å². The number of hydrogen-bond acceptors (Lipinski definition) is 2. The van der Waals surface area contributed by atoms with Gasteiger partial charge in [0.1, 0.15) is 5.78 Å². The number of benzene rings is 1. The summed E-state index contributed by atoms with van der Waals surface area (Å²) < 4.78 is 0. The normalized spacial score (nSPS) is 28.3. The first kappa shape index (κ1) is 13.6. The molecular formula is C15H20ClNO. The van der Waals surface area contributed by atoms with Crippen molar-refractivity contribution in [2.24, 2.45) is 0 Å². The molecule has 0 amide bonds. The van der Waals surface area contributed by atoms with E-state index >= 15 is 0 Å². The Labute approximate surface area is 115 Å². The predicted octanol–water partition coefficient (Wildman–Crippen LogP) is 3.02. The number of piperidine rings is 2. The van der Waals surface area contributed by atoms with Crippen molar-refractivity contribution >= 4 is 18.2 Å². The Balaban J connectivity index is 0.00000120. The number of carbonyl (C=O) groups is 1. The quantitative estimate of drug-likeness (QED) is 0.778. The topological polar surface area (TPSA) is 20.3 Å². The van der Waals surface area contributed by atoms with Gasteiger partial charge in [0, 0.05) is 19.0 Å². The number of carbonyl (C=O) groups excluding carboxylic acids is 1. The van der Waals surface area contributed by atoms with E-state index in [2.05, 4.69) is 17.0 Å². The molecule has 0 radical (unpaired) electrons. The van der Waals surface area contributed by atoms with Crippen LogP contribution in [0.2, 0.25) is 0 Å². The maximum absolute atomic E-state index is 12.2. The number of rotatable bonds is 1. The molecule has 2 fully saturated rings. The molecule has 2 saturated heterocycles. The van der Waals surface area contributed by atoms with E-state index in [1.807, 2.05) is 18.2 Å². The minimum atomic E-state index is 0. The number of hydrogen-bond donors (Lipinski definition) is 0. The monoisotopic (exact) mass is 265 g/mol. The molecule has 0 spiro atoms. The Morgan fingerprint density at radius 1 is 1.06 bits per heavy atom. The van der Waals surface area contributed by atoms with Crippen LogP contribution in [-0.2, 0) is 4.79 Å². The standard InChI is InChI=1S/C15H19NO.ClH/c17-14-9-11-16-10-5-4-8-13(16)15(14)12-6-2-1-3-7-12;/h1-3,6-7,13,15H,4-5,8-11H2;1H/t13-,15-;/m1./s1. The zero-order valence-electron chi connectivity index (χ0n) is 10.5. The molecule has 2 nitrogen and oxygen atoms in total. The van der Waals surface area contributed by atoms with Gasteiger partial charge in [0.2, 0.25) is 0 Å². The van der Waals surface area contributed by atoms with Crippen LogP contribution < -0.4 is 0 Å². The molecule has 2 aliphatic heterocycles. The molecule has 2 aliphatic rings. The van der Waals surface area contributed by atoms with Crippen LogP contribution in [-0.4, -0.2) is 29.8 Å². The zero-order valence-corrected chi connectivity index (χ0v) is 11.4. The largest absolute Gasteiger partial charge is 0.299 e. The molecule has 3 heteroatoms. The first-order valence-corrected chi connectivity index (χ1v) is 6.68. The maximum atomic E-state index is 12.2. The van der Waals surface area contributed by atoms with Gasteiger partial charge in [-0.3, -0.25) is 9.69 Å². The Hall–Kier alpha value is -0.860. The summed E-state index contributed by atoms with van der Waals surface area (Å²) in [5.74, 6) is 0.574. The van der Waals surface area contributed by atoms with Crippen molar-refractivity contribution in [1.82, 2.24) is 4.90 Å². The van der Waals surface area contributed by atoms with E-state index in [1.54, 1.807) is 0 Å². The van der Waals surface area contributed by atoms with E-state index in [4.69, 9.17) is 0 Å². The van der Waals surface area contributed by atoms with Gasteiger partial charge in [0.15, 0.2) is 0 Å². The summed E-state index contributed by atoms with van der Waals surface area (Å²) in [5.41, 5.74) is 1.22. The van der Waals surface area contributed by atoms with E-state index in [1.165, 1.54) is 31.4 Å². The second kappa shape index (κ2) is 5.85. The van der Waals surface area contributed by atoms with Gasteiger partial charge in [0.25, 0.3) is 0 Å². The number of halogens is 1. The van der Waals surface area contributed by atoms with Crippen molar-refractivity contribution in [3.05, 3.63) is 35.9 Å². The van der Waals surface area contributed by atoms with Crippen LogP contribution in [0.25, 0.3) is 0 Å². The van der Waals surface area contributed by atoms with Gasteiger partial charge in [-0.15, -0.1) is 12.4 Å². The average Bonchev–Trinajstić information content (AvgIpc) is 2.39. The lowest BCUT2D eigenvalue weighted by atomic mass is 9.78. The third kappa shape index (κ3) is 2.45. The summed E-state index contributed by atoms with van der Waals surface area (Å²) in [6, 6.07) is 10.8. The summed E-state index contributed by atoms with van der Waals surface area (Å²) in [5, 5.41) is 0. The summed E-state index contributed by atoms with van der Waals surface area (Å²) in [7, 11) is 0. The SMILES string of the molecule is Cl.O=C1CCN2CCCC[C@@H]2[C@H]1c1ccccc1. The number of Topliss-reactive ketones (excluding diaryl/α,β-unsaturated/α-hetero) is 1. The van der Waals surface area contributed by atoms with Crippen LogP contribution in [0.5, 0.6) is 0 Å². The van der Waals surface area contributed by atoms with Crippen LogP contribution in [0.1, 0.15) is 37.2 Å². The lowest BCUT2D eigenvalue weighted by Crippen LogP contribution is -2.50. The van der Waals surface area contributed by atoms with Gasteiger partial charge in [-0.1, -0.05) is 36.8 Å². The predicted molar refractivity (Wildman–Crippen MR) is 75.3 cm³/mol. The molecular weight excluding hydrogens is 246 g/mol. The minimum Gasteiger partial charge on any atom is -0.299 e. The molecule has 2 heterocycles. The Morgan fingerprint density at radius 2 is 1.83 bits per heavy atom. The van der Waals surface area contributed by atoms with E-state index in [0.717, 1.165) is 13.0 Å². The van der Waals surface area contributed by atoms with Gasteiger partial charge in [0.05, 0.1) is 5.92 Å². The molecule has 0 unspecified atom stereocenters. The van der Waals surface area contributed by atoms with Crippen molar-refractivity contribution in [2.75, 3.05) is 13.1 Å². The van der Waals surface area contributed by atoms with Crippen LogP contribution >= 0.6 is 12.4 Å². The highest BCUT2D eigenvalue weighted by molar-refractivity contribution is 5.87. The number of nitrogens with zero attached hydrogens (tertiary/aromatic N) is 1. The van der Waals surface area contributed by atoms with Crippen molar-refractivity contribution < 1.29 is 4.79 Å². The lowest BCUT2D eigenvalue weighted by Gasteiger charge is -2.43. The Kier molecular flexibility index (Phi) is 4.41. The number of fused-ring (bicyclic) bond motifs is 1. The van der Waals surface area contributed by atoms with Gasteiger partial charge >= 0.3 is 0 Å². The molecule has 3 rings (SSSR count). The molecule has 18 heavy (non-hydrogen) atoms. The molecule has 0 N–H and O–H groups in total. The number of ketones is 1. The van der Waals surface area contributed by atoms with Crippen molar-refractivity contribution in [2.45, 2.75) is 37.6 Å². The fraction of sp³-hybridized carbons (Fsp3) is 0.533. The van der Waals surface area contributed by atoms with Gasteiger partial charge in [-0.05, 0) is 24.9 Å². The highest BCUT2D eigenvalue weighted by atomic mass is 35.5. The van der Waals surface area contributed by atoms with Crippen molar-refractivity contribution in [3.8, 4) is 0 Å². The maximum Gasteiger partial charge on any atom is 0.143 e. The smallest absolute Gasteiger partial charge is 0.143 e. The molecule has 0 aliphatic carbocycles. The van der Waals surface area contributed by atoms with Crippen molar-refractivity contribution in [3.63, 3.8) is 0 Å². The van der Waals surface area contributed by atoms with Crippen LogP contribution in [0, 0.1) is 0 Å². The zero-order chi connectivity index (χ0) is 11.7. The molecule has 98 valence electrons. The molecule has 1 aromatic rings. The van der Waals surface area contributed by atoms with Gasteiger partial charge < -0.3 is 0 Å². The van der Waals surface area contributed by atoms with E-state index in [0.29, 0.717) is 11.8 Å². The fourth-order valence-electron chi connectivity index (χ4n) is 3.36. The summed E-state index contributed by atoms with van der Waals surface area (Å²) >= 11 is 0. The van der Waals surface area contributed by atoms with Crippen LogP contribution in [0.15, 0.2) is 30.3 Å².